The fourth-order valence-electron chi connectivity index (χ4n) is 6.76. The zero-order valence-electron chi connectivity index (χ0n) is 36.6. The van der Waals surface area contributed by atoms with Crippen LogP contribution in [0.2, 0.25) is 0 Å². The molecule has 11 aromatic rings. The molecule has 7 heteroatoms. The number of hydrogen-bond acceptors (Lipinski definition) is 5. The van der Waals surface area contributed by atoms with Crippen LogP contribution in [-0.4, -0.2) is 19.9 Å². The molecule has 0 spiro atoms. The third kappa shape index (κ3) is 13.1. The van der Waals surface area contributed by atoms with Crippen LogP contribution >= 0.6 is 0 Å². The number of furan rings is 1. The number of pyridine rings is 4. The van der Waals surface area contributed by atoms with E-state index in [2.05, 4.69) is 106 Å². The first-order valence-corrected chi connectivity index (χ1v) is 21.0. The number of para-hydroxylation sites is 1. The van der Waals surface area contributed by atoms with Crippen molar-refractivity contribution in [2.45, 2.75) is 20.8 Å². The predicted octanol–water partition coefficient (Wildman–Crippen LogP) is 14.7. The Bertz CT molecular complexity index is 3070. The van der Waals surface area contributed by atoms with E-state index in [-0.39, 0.29) is 40.2 Å². The van der Waals surface area contributed by atoms with Gasteiger partial charge in [0, 0.05) is 70.4 Å². The number of aryl methyl sites for hydroxylation is 3. The SMILES string of the molecule is Cc1ccc(-c2[c-]cccc2)nc1.Cc1ccc(-c2[c-]cccc2)nc1.Cc1ccc(-c2ccnc(-c3[c-]cccc3)c2)cc1.[Ir].[Ir].[c-]1cc2oc3ccccc3c2cc1-c1ccccn1. The van der Waals surface area contributed by atoms with Gasteiger partial charge in [0.1, 0.15) is 5.58 Å². The van der Waals surface area contributed by atoms with Gasteiger partial charge >= 0.3 is 0 Å². The zero-order valence-corrected chi connectivity index (χ0v) is 41.4. The van der Waals surface area contributed by atoms with Crippen LogP contribution < -0.4 is 0 Å². The Hall–Kier alpha value is -6.98. The summed E-state index contributed by atoms with van der Waals surface area (Å²) < 4.78 is 5.79. The van der Waals surface area contributed by atoms with Gasteiger partial charge < -0.3 is 24.4 Å². The van der Waals surface area contributed by atoms with E-state index in [1.54, 1.807) is 6.20 Å². The molecule has 0 bridgehead atoms. The van der Waals surface area contributed by atoms with Crippen LogP contribution in [0.25, 0.3) is 78.1 Å². The van der Waals surface area contributed by atoms with Crippen molar-refractivity contribution < 1.29 is 44.6 Å². The fraction of sp³-hybridized carbons (Fsp3) is 0.0508. The number of hydrogen-bond donors (Lipinski definition) is 0. The van der Waals surface area contributed by atoms with E-state index in [1.807, 2.05) is 166 Å². The standard InChI is InChI=1S/C18H14N.C17H10NO.2C12H10N.2Ir/c1-14-7-9-15(10-8-14)17-11-12-19-18(13-17)16-5-3-2-4-6-16;1-2-7-16-13(5-1)14-11-12(8-9-17(14)19-16)15-6-3-4-10-18-15;2*1-10-7-8-12(13-9-10)11-5-3-2-4-6-11;;/h2-5,7-13H,1H3;1-7,9-11H;2*2-5,7-9H,1H3;;/q4*-1;;. The number of rotatable bonds is 5. The van der Waals surface area contributed by atoms with Crippen LogP contribution in [0, 0.1) is 45.0 Å². The minimum absolute atomic E-state index is 0. The molecule has 0 aliphatic rings. The molecular formula is C59H44Ir2N4O-4. The Labute approximate surface area is 414 Å². The van der Waals surface area contributed by atoms with Crippen molar-refractivity contribution in [3.63, 3.8) is 0 Å². The monoisotopic (exact) mass is 1210 g/mol. The summed E-state index contributed by atoms with van der Waals surface area (Å²) in [6.07, 6.45) is 7.39. The smallest absolute Gasteiger partial charge is 0.120 e. The van der Waals surface area contributed by atoms with E-state index in [9.17, 15) is 0 Å². The van der Waals surface area contributed by atoms with E-state index in [0.717, 1.165) is 67.0 Å². The second kappa shape index (κ2) is 24.3. The maximum absolute atomic E-state index is 5.79. The van der Waals surface area contributed by atoms with Gasteiger partial charge in [-0.3, -0.25) is 0 Å². The van der Waals surface area contributed by atoms with Gasteiger partial charge in [-0.1, -0.05) is 95.9 Å². The zero-order chi connectivity index (χ0) is 43.9. The first kappa shape index (κ1) is 48.5. The molecule has 0 saturated heterocycles. The molecule has 0 aliphatic heterocycles. The topological polar surface area (TPSA) is 64.7 Å². The van der Waals surface area contributed by atoms with Crippen molar-refractivity contribution in [2.24, 2.45) is 0 Å². The van der Waals surface area contributed by atoms with Crippen LogP contribution in [0.3, 0.4) is 0 Å². The van der Waals surface area contributed by atoms with Gasteiger partial charge in [0.15, 0.2) is 0 Å². The molecule has 0 unspecified atom stereocenters. The second-order valence-corrected chi connectivity index (χ2v) is 15.0. The molecule has 0 fully saturated rings. The van der Waals surface area contributed by atoms with Gasteiger partial charge in [0.05, 0.1) is 5.58 Å². The predicted molar refractivity (Wildman–Crippen MR) is 261 cm³/mol. The van der Waals surface area contributed by atoms with E-state index in [1.165, 1.54) is 27.8 Å². The minimum Gasteiger partial charge on any atom is -0.500 e. The Morgan fingerprint density at radius 1 is 0.364 bits per heavy atom. The van der Waals surface area contributed by atoms with Gasteiger partial charge in [-0.2, -0.15) is 0 Å². The summed E-state index contributed by atoms with van der Waals surface area (Å²) >= 11 is 0. The first-order chi connectivity index (χ1) is 31.5. The molecule has 0 saturated carbocycles. The molecule has 0 amide bonds. The molecule has 2 radical (unpaired) electrons. The van der Waals surface area contributed by atoms with Gasteiger partial charge in [-0.15, -0.1) is 131 Å². The van der Waals surface area contributed by atoms with Crippen molar-refractivity contribution in [1.29, 1.82) is 0 Å². The van der Waals surface area contributed by atoms with E-state index in [4.69, 9.17) is 4.42 Å². The quantitative estimate of drug-likeness (QED) is 0.161. The summed E-state index contributed by atoms with van der Waals surface area (Å²) in [5, 5.41) is 2.23. The summed E-state index contributed by atoms with van der Waals surface area (Å²) in [5.74, 6) is 0. The molecule has 5 heterocycles. The van der Waals surface area contributed by atoms with Crippen LogP contribution in [0.4, 0.5) is 0 Å². The fourth-order valence-corrected chi connectivity index (χ4v) is 6.76. The van der Waals surface area contributed by atoms with Crippen LogP contribution in [0.5, 0.6) is 0 Å². The average molecular weight is 1210 g/mol. The molecule has 0 aliphatic carbocycles. The van der Waals surface area contributed by atoms with Gasteiger partial charge in [0.2, 0.25) is 0 Å². The number of nitrogens with zero attached hydrogens (tertiary/aromatic N) is 4. The van der Waals surface area contributed by atoms with Crippen LogP contribution in [-0.2, 0) is 40.2 Å². The Morgan fingerprint density at radius 3 is 1.44 bits per heavy atom. The normalized spacial score (nSPS) is 10.1. The first-order valence-electron chi connectivity index (χ1n) is 21.0. The van der Waals surface area contributed by atoms with E-state index < -0.39 is 0 Å². The van der Waals surface area contributed by atoms with Crippen molar-refractivity contribution in [1.82, 2.24) is 19.9 Å². The molecule has 0 atom stereocenters. The maximum atomic E-state index is 5.79. The van der Waals surface area contributed by atoms with Gasteiger partial charge in [0.25, 0.3) is 0 Å². The largest absolute Gasteiger partial charge is 0.500 e. The van der Waals surface area contributed by atoms with Crippen LogP contribution in [0.15, 0.2) is 217 Å². The van der Waals surface area contributed by atoms with Gasteiger partial charge in [-0.05, 0) is 84.0 Å². The molecule has 5 aromatic heterocycles. The molecule has 66 heavy (non-hydrogen) atoms. The summed E-state index contributed by atoms with van der Waals surface area (Å²) in [7, 11) is 0. The summed E-state index contributed by atoms with van der Waals surface area (Å²) in [5.41, 5.74) is 15.7. The van der Waals surface area contributed by atoms with Crippen molar-refractivity contribution in [2.75, 3.05) is 0 Å². The molecule has 0 N–H and O–H groups in total. The van der Waals surface area contributed by atoms with Crippen molar-refractivity contribution >= 4 is 21.9 Å². The third-order valence-electron chi connectivity index (χ3n) is 10.2. The summed E-state index contributed by atoms with van der Waals surface area (Å²) in [6, 6.07) is 75.1. The summed E-state index contributed by atoms with van der Waals surface area (Å²) in [6.45, 7) is 6.16. The van der Waals surface area contributed by atoms with Crippen molar-refractivity contribution in [3.8, 4) is 56.2 Å². The van der Waals surface area contributed by atoms with Gasteiger partial charge in [-0.25, -0.2) is 0 Å². The average Bonchev–Trinajstić information content (AvgIpc) is 3.75. The molecule has 11 rings (SSSR count). The number of fused-ring (bicyclic) bond motifs is 3. The molecule has 5 nitrogen and oxygen atoms in total. The van der Waals surface area contributed by atoms with Crippen LogP contribution in [0.1, 0.15) is 16.7 Å². The Kier molecular flexibility index (Phi) is 17.9. The van der Waals surface area contributed by atoms with E-state index in [0.29, 0.717) is 0 Å². The molecule has 328 valence electrons. The van der Waals surface area contributed by atoms with E-state index >= 15 is 0 Å². The Morgan fingerprint density at radius 2 is 0.894 bits per heavy atom. The number of benzene rings is 6. The minimum atomic E-state index is 0. The maximum Gasteiger partial charge on any atom is 0.120 e. The van der Waals surface area contributed by atoms with Crippen molar-refractivity contribution in [3.05, 3.63) is 254 Å². The summed E-state index contributed by atoms with van der Waals surface area (Å²) in [4.78, 5) is 17.4. The third-order valence-corrected chi connectivity index (χ3v) is 10.2. The second-order valence-electron chi connectivity index (χ2n) is 15.0. The number of aromatic nitrogens is 4. The molecule has 6 aromatic carbocycles. The Balaban J connectivity index is 0.000000146. The molecular weight excluding hydrogens is 1170 g/mol.